The maximum Gasteiger partial charge on any atom is 0.254 e. The van der Waals surface area contributed by atoms with Crippen molar-refractivity contribution in [1.82, 2.24) is 4.90 Å². The highest BCUT2D eigenvalue weighted by Crippen LogP contribution is 2.23. The van der Waals surface area contributed by atoms with E-state index in [1.807, 2.05) is 35.7 Å². The molecule has 1 saturated heterocycles. The van der Waals surface area contributed by atoms with Gasteiger partial charge in [0, 0.05) is 35.3 Å². The summed E-state index contributed by atoms with van der Waals surface area (Å²) in [6, 6.07) is 5.58. The van der Waals surface area contributed by atoms with Crippen LogP contribution in [-0.2, 0) is 0 Å². The normalized spacial score (nSPS) is 19.9. The lowest BCUT2D eigenvalue weighted by Crippen LogP contribution is -2.41. The van der Waals surface area contributed by atoms with E-state index in [0.717, 1.165) is 30.8 Å². The maximum atomic E-state index is 12.4. The van der Waals surface area contributed by atoms with Crippen LogP contribution in [0.3, 0.4) is 0 Å². The second kappa shape index (κ2) is 5.65. The van der Waals surface area contributed by atoms with Gasteiger partial charge in [-0.1, -0.05) is 6.92 Å². The molecular weight excluding hydrogens is 244 g/mol. The zero-order valence-electron chi connectivity index (χ0n) is 11.0. The fourth-order valence-corrected chi connectivity index (χ4v) is 3.45. The van der Waals surface area contributed by atoms with Crippen molar-refractivity contribution < 1.29 is 4.79 Å². The average molecular weight is 264 g/mol. The molecule has 1 aromatic rings. The monoisotopic (exact) mass is 264 g/mol. The zero-order valence-corrected chi connectivity index (χ0v) is 11.8. The van der Waals surface area contributed by atoms with Crippen molar-refractivity contribution in [2.45, 2.75) is 25.5 Å². The van der Waals surface area contributed by atoms with Crippen molar-refractivity contribution in [3.05, 3.63) is 29.3 Å². The van der Waals surface area contributed by atoms with E-state index in [1.165, 1.54) is 0 Å². The number of nitrogen functional groups attached to an aromatic ring is 1. The third-order valence-corrected chi connectivity index (χ3v) is 4.60. The second-order valence-electron chi connectivity index (χ2n) is 4.78. The number of aryl methyl sites for hydroxylation is 1. The molecule has 1 fully saturated rings. The predicted molar refractivity (Wildman–Crippen MR) is 78.0 cm³/mol. The molecule has 0 bridgehead atoms. The summed E-state index contributed by atoms with van der Waals surface area (Å²) in [5, 5.41) is 0.574. The lowest BCUT2D eigenvalue weighted by Gasteiger charge is -2.32. The Bertz CT molecular complexity index is 427. The van der Waals surface area contributed by atoms with Gasteiger partial charge in [0.15, 0.2) is 0 Å². The van der Waals surface area contributed by atoms with Crippen LogP contribution in [0.5, 0.6) is 0 Å². The van der Waals surface area contributed by atoms with Crippen molar-refractivity contribution in [2.24, 2.45) is 0 Å². The van der Waals surface area contributed by atoms with E-state index in [2.05, 4.69) is 6.92 Å². The quantitative estimate of drug-likeness (QED) is 0.835. The lowest BCUT2D eigenvalue weighted by molar-refractivity contribution is 0.0761. The minimum Gasteiger partial charge on any atom is -0.399 e. The Morgan fingerprint density at radius 2 is 2.28 bits per heavy atom. The van der Waals surface area contributed by atoms with Crippen LogP contribution in [-0.4, -0.2) is 34.9 Å². The third kappa shape index (κ3) is 2.99. The van der Waals surface area contributed by atoms with E-state index in [9.17, 15) is 4.79 Å². The van der Waals surface area contributed by atoms with E-state index in [-0.39, 0.29) is 5.91 Å². The van der Waals surface area contributed by atoms with Crippen molar-refractivity contribution in [3.8, 4) is 0 Å². The fourth-order valence-electron chi connectivity index (χ4n) is 2.27. The molecule has 2 N–H and O–H groups in total. The SMILES string of the molecule is CCC1CN(C(=O)c2cc(C)cc(N)c2)CCS1. The first kappa shape index (κ1) is 13.3. The summed E-state index contributed by atoms with van der Waals surface area (Å²) in [6.45, 7) is 5.84. The topological polar surface area (TPSA) is 46.3 Å². The van der Waals surface area contributed by atoms with Gasteiger partial charge >= 0.3 is 0 Å². The Morgan fingerprint density at radius 1 is 1.50 bits per heavy atom. The molecule has 1 unspecified atom stereocenters. The number of carbonyl (C=O) groups excluding carboxylic acids is 1. The minimum atomic E-state index is 0.115. The Hall–Kier alpha value is -1.16. The van der Waals surface area contributed by atoms with E-state index < -0.39 is 0 Å². The van der Waals surface area contributed by atoms with Crippen LogP contribution >= 0.6 is 11.8 Å². The van der Waals surface area contributed by atoms with Gasteiger partial charge in [0.25, 0.3) is 5.91 Å². The van der Waals surface area contributed by atoms with Gasteiger partial charge in [-0.2, -0.15) is 11.8 Å². The molecular formula is C14H20N2OS. The first-order chi connectivity index (χ1) is 8.60. The van der Waals surface area contributed by atoms with Crippen molar-refractivity contribution in [3.63, 3.8) is 0 Å². The number of amides is 1. The van der Waals surface area contributed by atoms with Crippen molar-refractivity contribution in [2.75, 3.05) is 24.6 Å². The summed E-state index contributed by atoms with van der Waals surface area (Å²) in [7, 11) is 0. The van der Waals surface area contributed by atoms with Crippen LogP contribution in [0.4, 0.5) is 5.69 Å². The maximum absolute atomic E-state index is 12.4. The summed E-state index contributed by atoms with van der Waals surface area (Å²) in [4.78, 5) is 14.4. The van der Waals surface area contributed by atoms with Gasteiger partial charge in [-0.3, -0.25) is 4.79 Å². The van der Waals surface area contributed by atoms with Crippen molar-refractivity contribution in [1.29, 1.82) is 0 Å². The van der Waals surface area contributed by atoms with Crippen LogP contribution in [0.15, 0.2) is 18.2 Å². The molecule has 0 radical (unpaired) electrons. The van der Waals surface area contributed by atoms with Crippen molar-refractivity contribution >= 4 is 23.4 Å². The molecule has 98 valence electrons. The number of benzene rings is 1. The Labute approximate surface area is 113 Å². The van der Waals surface area contributed by atoms with Crippen LogP contribution in [0.2, 0.25) is 0 Å². The van der Waals surface area contributed by atoms with Gasteiger partial charge in [-0.05, 0) is 37.1 Å². The minimum absolute atomic E-state index is 0.115. The Kier molecular flexibility index (Phi) is 4.17. The smallest absolute Gasteiger partial charge is 0.254 e. The summed E-state index contributed by atoms with van der Waals surface area (Å²) in [6.07, 6.45) is 1.12. The number of nitrogens with zero attached hydrogens (tertiary/aromatic N) is 1. The molecule has 0 aromatic heterocycles. The molecule has 1 atom stereocenters. The highest BCUT2D eigenvalue weighted by molar-refractivity contribution is 8.00. The zero-order chi connectivity index (χ0) is 13.1. The highest BCUT2D eigenvalue weighted by Gasteiger charge is 2.23. The van der Waals surface area contributed by atoms with Crippen LogP contribution in [0, 0.1) is 6.92 Å². The first-order valence-corrected chi connectivity index (χ1v) is 7.43. The van der Waals surface area contributed by atoms with Crippen LogP contribution in [0.25, 0.3) is 0 Å². The number of rotatable bonds is 2. The number of nitrogens with two attached hydrogens (primary N) is 1. The summed E-state index contributed by atoms with van der Waals surface area (Å²) < 4.78 is 0. The summed E-state index contributed by atoms with van der Waals surface area (Å²) in [5.41, 5.74) is 8.22. The molecule has 0 spiro atoms. The van der Waals surface area contributed by atoms with E-state index in [1.54, 1.807) is 6.07 Å². The van der Waals surface area contributed by atoms with Gasteiger partial charge in [-0.25, -0.2) is 0 Å². The van der Waals surface area contributed by atoms with Crippen LogP contribution < -0.4 is 5.73 Å². The molecule has 2 rings (SSSR count). The van der Waals surface area contributed by atoms with Gasteiger partial charge < -0.3 is 10.6 Å². The molecule has 1 aromatic carbocycles. The molecule has 1 heterocycles. The lowest BCUT2D eigenvalue weighted by atomic mass is 10.1. The number of anilines is 1. The number of hydrogen-bond acceptors (Lipinski definition) is 3. The number of hydrogen-bond donors (Lipinski definition) is 1. The second-order valence-corrected chi connectivity index (χ2v) is 6.19. The molecule has 3 nitrogen and oxygen atoms in total. The highest BCUT2D eigenvalue weighted by atomic mass is 32.2. The largest absolute Gasteiger partial charge is 0.399 e. The number of carbonyl (C=O) groups is 1. The molecule has 1 aliphatic rings. The van der Waals surface area contributed by atoms with Gasteiger partial charge in [-0.15, -0.1) is 0 Å². The number of thioether (sulfide) groups is 1. The fraction of sp³-hybridized carbons (Fsp3) is 0.500. The summed E-state index contributed by atoms with van der Waals surface area (Å²) >= 11 is 1.97. The third-order valence-electron chi connectivity index (χ3n) is 3.23. The Balaban J connectivity index is 2.15. The average Bonchev–Trinajstić information content (AvgIpc) is 2.37. The molecule has 0 saturated carbocycles. The van der Waals surface area contributed by atoms with Gasteiger partial charge in [0.2, 0.25) is 0 Å². The molecule has 18 heavy (non-hydrogen) atoms. The Morgan fingerprint density at radius 3 is 2.94 bits per heavy atom. The summed E-state index contributed by atoms with van der Waals surface area (Å²) in [5.74, 6) is 1.15. The van der Waals surface area contributed by atoms with E-state index in [0.29, 0.717) is 16.5 Å². The molecule has 0 aliphatic carbocycles. The molecule has 1 aliphatic heterocycles. The standard InChI is InChI=1S/C14H20N2OS/c1-3-13-9-16(4-5-18-13)14(17)11-6-10(2)7-12(15)8-11/h6-8,13H,3-5,9,15H2,1-2H3. The van der Waals surface area contributed by atoms with E-state index >= 15 is 0 Å². The predicted octanol–water partition coefficient (Wildman–Crippen LogP) is 2.54. The molecule has 1 amide bonds. The molecule has 4 heteroatoms. The van der Waals surface area contributed by atoms with Crippen LogP contribution in [0.1, 0.15) is 29.3 Å². The van der Waals surface area contributed by atoms with Gasteiger partial charge in [0.05, 0.1) is 0 Å². The van der Waals surface area contributed by atoms with E-state index in [4.69, 9.17) is 5.73 Å². The van der Waals surface area contributed by atoms with Gasteiger partial charge in [0.1, 0.15) is 0 Å². The first-order valence-electron chi connectivity index (χ1n) is 6.38.